The highest BCUT2D eigenvalue weighted by molar-refractivity contribution is 7.99. The van der Waals surface area contributed by atoms with Crippen molar-refractivity contribution in [3.8, 4) is 11.4 Å². The molecule has 1 aromatic heterocycles. The summed E-state index contributed by atoms with van der Waals surface area (Å²) in [6.45, 7) is 3.67. The predicted molar refractivity (Wildman–Crippen MR) is 119 cm³/mol. The van der Waals surface area contributed by atoms with Crippen LogP contribution < -0.4 is 0 Å². The Balaban J connectivity index is 1.29. The lowest BCUT2D eigenvalue weighted by Crippen LogP contribution is -2.40. The lowest BCUT2D eigenvalue weighted by Gasteiger charge is -2.32. The lowest BCUT2D eigenvalue weighted by molar-refractivity contribution is -0.132. The topological polar surface area (TPSA) is 59.2 Å². The molecule has 0 spiro atoms. The van der Waals surface area contributed by atoms with E-state index in [-0.39, 0.29) is 5.91 Å². The lowest BCUT2D eigenvalue weighted by atomic mass is 9.94. The molecule has 1 saturated heterocycles. The molecule has 1 amide bonds. The van der Waals surface area contributed by atoms with Crippen molar-refractivity contribution in [3.05, 3.63) is 66.1 Å². The Morgan fingerprint density at radius 1 is 1.17 bits per heavy atom. The number of thioether (sulfide) groups is 1. The Bertz CT molecular complexity index is 973. The highest BCUT2D eigenvalue weighted by atomic mass is 32.2. The van der Waals surface area contributed by atoms with Crippen molar-refractivity contribution in [1.29, 1.82) is 0 Å². The van der Waals surface area contributed by atoms with E-state index in [1.807, 2.05) is 54.3 Å². The van der Waals surface area contributed by atoms with Gasteiger partial charge in [0, 0.05) is 42.1 Å². The van der Waals surface area contributed by atoms with Crippen LogP contribution >= 0.6 is 11.8 Å². The average Bonchev–Trinajstić information content (AvgIpc) is 3.23. The number of benzene rings is 2. The number of carbonyl (C=O) groups excluding carboxylic acids is 1. The van der Waals surface area contributed by atoms with E-state index in [0.29, 0.717) is 24.1 Å². The van der Waals surface area contributed by atoms with Crippen molar-refractivity contribution in [2.45, 2.75) is 37.5 Å². The molecule has 0 N–H and O–H groups in total. The molecule has 156 valence electrons. The zero-order valence-electron chi connectivity index (χ0n) is 17.3. The summed E-state index contributed by atoms with van der Waals surface area (Å²) < 4.78 is 5.52. The van der Waals surface area contributed by atoms with Gasteiger partial charge in [-0.3, -0.25) is 4.79 Å². The molecule has 4 rings (SSSR count). The molecule has 1 fully saturated rings. The van der Waals surface area contributed by atoms with Gasteiger partial charge in [0.15, 0.2) is 0 Å². The number of nitrogens with zero attached hydrogens (tertiary/aromatic N) is 3. The van der Waals surface area contributed by atoms with Crippen LogP contribution in [-0.4, -0.2) is 39.8 Å². The molecule has 1 aliphatic rings. The van der Waals surface area contributed by atoms with Gasteiger partial charge in [-0.1, -0.05) is 47.6 Å². The third-order valence-corrected chi connectivity index (χ3v) is 6.53. The second-order valence-electron chi connectivity index (χ2n) is 7.79. The largest absolute Gasteiger partial charge is 0.342 e. The van der Waals surface area contributed by atoms with Crippen molar-refractivity contribution in [2.24, 2.45) is 5.92 Å². The molecule has 1 aliphatic heterocycles. The number of rotatable bonds is 7. The Morgan fingerprint density at radius 2 is 1.97 bits per heavy atom. The van der Waals surface area contributed by atoms with E-state index in [1.165, 1.54) is 4.90 Å². The smallest absolute Gasteiger partial charge is 0.227 e. The van der Waals surface area contributed by atoms with Gasteiger partial charge in [0.1, 0.15) is 0 Å². The zero-order valence-corrected chi connectivity index (χ0v) is 18.1. The SMILES string of the molecule is Cc1ccccc1-c1noc(C[C@@H]2CCCN(C(=O)CCSc3ccccc3)C2)n1. The van der Waals surface area contributed by atoms with Crippen molar-refractivity contribution in [3.63, 3.8) is 0 Å². The summed E-state index contributed by atoms with van der Waals surface area (Å²) in [7, 11) is 0. The highest BCUT2D eigenvalue weighted by Gasteiger charge is 2.25. The number of aryl methyl sites for hydroxylation is 1. The zero-order chi connectivity index (χ0) is 20.8. The average molecular weight is 422 g/mol. The van der Waals surface area contributed by atoms with Gasteiger partial charge < -0.3 is 9.42 Å². The van der Waals surface area contributed by atoms with Crippen LogP contribution in [0, 0.1) is 12.8 Å². The maximum atomic E-state index is 12.7. The number of aromatic nitrogens is 2. The van der Waals surface area contributed by atoms with Crippen LogP contribution in [0.2, 0.25) is 0 Å². The fraction of sp³-hybridized carbons (Fsp3) is 0.375. The van der Waals surface area contributed by atoms with E-state index in [2.05, 4.69) is 22.3 Å². The van der Waals surface area contributed by atoms with Crippen LogP contribution in [0.15, 0.2) is 64.0 Å². The van der Waals surface area contributed by atoms with Gasteiger partial charge in [0.25, 0.3) is 0 Å². The molecule has 1 atom stereocenters. The molecule has 30 heavy (non-hydrogen) atoms. The van der Waals surface area contributed by atoms with Crippen LogP contribution in [0.3, 0.4) is 0 Å². The number of piperidine rings is 1. The van der Waals surface area contributed by atoms with E-state index in [0.717, 1.165) is 49.2 Å². The summed E-state index contributed by atoms with van der Waals surface area (Å²) in [6, 6.07) is 18.3. The first kappa shape index (κ1) is 20.7. The Morgan fingerprint density at radius 3 is 2.80 bits per heavy atom. The van der Waals surface area contributed by atoms with E-state index in [1.54, 1.807) is 11.8 Å². The van der Waals surface area contributed by atoms with Gasteiger partial charge in [0.2, 0.25) is 17.6 Å². The van der Waals surface area contributed by atoms with E-state index in [4.69, 9.17) is 4.52 Å². The van der Waals surface area contributed by atoms with Gasteiger partial charge in [-0.15, -0.1) is 11.8 Å². The minimum absolute atomic E-state index is 0.245. The molecule has 6 heteroatoms. The Hall–Kier alpha value is -2.60. The van der Waals surface area contributed by atoms with Gasteiger partial charge in [0.05, 0.1) is 0 Å². The minimum Gasteiger partial charge on any atom is -0.342 e. The van der Waals surface area contributed by atoms with Crippen molar-refractivity contribution in [2.75, 3.05) is 18.8 Å². The fourth-order valence-corrected chi connectivity index (χ4v) is 4.77. The van der Waals surface area contributed by atoms with Crippen LogP contribution in [-0.2, 0) is 11.2 Å². The minimum atomic E-state index is 0.245. The first-order valence-electron chi connectivity index (χ1n) is 10.5. The number of hydrogen-bond donors (Lipinski definition) is 0. The van der Waals surface area contributed by atoms with Gasteiger partial charge in [-0.05, 0) is 43.4 Å². The summed E-state index contributed by atoms with van der Waals surface area (Å²) >= 11 is 1.74. The maximum absolute atomic E-state index is 12.7. The Kier molecular flexibility index (Phi) is 6.84. The van der Waals surface area contributed by atoms with Crippen molar-refractivity contribution < 1.29 is 9.32 Å². The molecule has 0 bridgehead atoms. The van der Waals surface area contributed by atoms with Crippen LogP contribution in [0.25, 0.3) is 11.4 Å². The predicted octanol–water partition coefficient (Wildman–Crippen LogP) is 5.01. The van der Waals surface area contributed by atoms with E-state index < -0.39 is 0 Å². The molecule has 5 nitrogen and oxygen atoms in total. The van der Waals surface area contributed by atoms with Crippen LogP contribution in [0.4, 0.5) is 0 Å². The molecule has 3 aromatic rings. The van der Waals surface area contributed by atoms with Crippen molar-refractivity contribution >= 4 is 17.7 Å². The molecule has 2 heterocycles. The second kappa shape index (κ2) is 9.94. The molecular formula is C24H27N3O2S. The first-order chi connectivity index (χ1) is 14.7. The number of carbonyl (C=O) groups is 1. The maximum Gasteiger partial charge on any atom is 0.227 e. The van der Waals surface area contributed by atoms with Crippen molar-refractivity contribution in [1.82, 2.24) is 15.0 Å². The number of amides is 1. The summed E-state index contributed by atoms with van der Waals surface area (Å²) in [5.74, 6) is 2.73. The molecular weight excluding hydrogens is 394 g/mol. The second-order valence-corrected chi connectivity index (χ2v) is 8.96. The van der Waals surface area contributed by atoms with E-state index in [9.17, 15) is 4.79 Å². The summed E-state index contributed by atoms with van der Waals surface area (Å²) in [4.78, 5) is 20.5. The van der Waals surface area contributed by atoms with Gasteiger partial charge in [-0.2, -0.15) is 4.98 Å². The number of hydrogen-bond acceptors (Lipinski definition) is 5. The van der Waals surface area contributed by atoms with Gasteiger partial charge >= 0.3 is 0 Å². The summed E-state index contributed by atoms with van der Waals surface area (Å²) in [6.07, 6.45) is 3.41. The monoisotopic (exact) mass is 421 g/mol. The summed E-state index contributed by atoms with van der Waals surface area (Å²) in [5, 5.41) is 4.17. The number of likely N-dealkylation sites (tertiary alicyclic amines) is 1. The standard InChI is InChI=1S/C24H27N3O2S/c1-18-8-5-6-12-21(18)24-25-22(29-26-24)16-19-9-7-14-27(17-19)23(28)13-15-30-20-10-3-2-4-11-20/h2-6,8,10-12,19H,7,9,13-17H2,1H3/t19-/m0/s1. The van der Waals surface area contributed by atoms with Crippen LogP contribution in [0.5, 0.6) is 0 Å². The van der Waals surface area contributed by atoms with Gasteiger partial charge in [-0.25, -0.2) is 0 Å². The van der Waals surface area contributed by atoms with Crippen LogP contribution in [0.1, 0.15) is 30.7 Å². The quantitative estimate of drug-likeness (QED) is 0.502. The third-order valence-electron chi connectivity index (χ3n) is 5.52. The Labute approximate surface area is 181 Å². The molecule has 0 saturated carbocycles. The first-order valence-corrected chi connectivity index (χ1v) is 11.5. The fourth-order valence-electron chi connectivity index (χ4n) is 3.91. The molecule has 0 unspecified atom stereocenters. The third kappa shape index (κ3) is 5.30. The van der Waals surface area contributed by atoms with E-state index >= 15 is 0 Å². The molecule has 0 radical (unpaired) electrons. The summed E-state index contributed by atoms with van der Waals surface area (Å²) in [5.41, 5.74) is 2.14. The molecule has 0 aliphatic carbocycles. The normalized spacial score (nSPS) is 16.6. The molecule has 2 aromatic carbocycles. The highest BCUT2D eigenvalue weighted by Crippen LogP contribution is 2.25.